The third kappa shape index (κ3) is 6.31. The van der Waals surface area contributed by atoms with Crippen molar-refractivity contribution in [2.24, 2.45) is 0 Å². The summed E-state index contributed by atoms with van der Waals surface area (Å²) in [5.41, 5.74) is 2.60. The predicted octanol–water partition coefficient (Wildman–Crippen LogP) is 6.87. The number of amides is 2. The first-order valence-corrected chi connectivity index (χ1v) is 14.0. The van der Waals surface area contributed by atoms with Gasteiger partial charge in [-0.25, -0.2) is 0 Å². The predicted molar refractivity (Wildman–Crippen MR) is 144 cm³/mol. The van der Waals surface area contributed by atoms with Gasteiger partial charge in [-0.2, -0.15) is 13.2 Å². The van der Waals surface area contributed by atoms with Gasteiger partial charge in [0, 0.05) is 5.56 Å². The number of alkyl halides is 3. The molecule has 2 unspecified atom stereocenters. The summed E-state index contributed by atoms with van der Waals surface area (Å²) in [6.07, 6.45) is -1.38. The summed E-state index contributed by atoms with van der Waals surface area (Å²) >= 11 is 0.781. The highest BCUT2D eigenvalue weighted by molar-refractivity contribution is 8.15. The van der Waals surface area contributed by atoms with Crippen LogP contribution >= 0.6 is 11.8 Å². The van der Waals surface area contributed by atoms with Crippen molar-refractivity contribution in [3.8, 4) is 17.2 Å². The average molecular weight is 566 g/mol. The Balaban J connectivity index is 1.52. The summed E-state index contributed by atoms with van der Waals surface area (Å²) in [5.74, 6) is 0.835. The Bertz CT molecular complexity index is 1280. The number of hydrogen-bond donors (Lipinski definition) is 1. The maximum Gasteiger partial charge on any atom is 0.419 e. The van der Waals surface area contributed by atoms with Crippen LogP contribution < -0.4 is 19.5 Å². The summed E-state index contributed by atoms with van der Waals surface area (Å²) in [4.78, 5) is 23.3. The van der Waals surface area contributed by atoms with Crippen LogP contribution in [0.5, 0.6) is 17.2 Å². The molecular formula is C29H34F3NO5S. The highest BCUT2D eigenvalue weighted by Crippen LogP contribution is 2.44. The van der Waals surface area contributed by atoms with E-state index in [4.69, 9.17) is 14.2 Å². The van der Waals surface area contributed by atoms with Gasteiger partial charge in [0.1, 0.15) is 29.5 Å². The lowest BCUT2D eigenvalue weighted by Crippen LogP contribution is -2.42. The summed E-state index contributed by atoms with van der Waals surface area (Å²) in [7, 11) is 0. The number of rotatable bonds is 9. The smallest absolute Gasteiger partial charge is 0.419 e. The van der Waals surface area contributed by atoms with Gasteiger partial charge in [0.2, 0.25) is 5.91 Å². The molecule has 10 heteroatoms. The minimum absolute atomic E-state index is 0.00529. The first-order valence-electron chi connectivity index (χ1n) is 13.1. The van der Waals surface area contributed by atoms with E-state index in [1.54, 1.807) is 0 Å². The number of imide groups is 1. The fourth-order valence-electron chi connectivity index (χ4n) is 4.94. The first-order chi connectivity index (χ1) is 18.3. The number of unbranched alkanes of at least 4 members (excludes halogenated alkanes) is 1. The van der Waals surface area contributed by atoms with Crippen LogP contribution in [0, 0.1) is 20.8 Å². The van der Waals surface area contributed by atoms with Crippen LogP contribution in [0.25, 0.3) is 0 Å². The molecule has 39 heavy (non-hydrogen) atoms. The van der Waals surface area contributed by atoms with Crippen molar-refractivity contribution in [3.63, 3.8) is 0 Å². The van der Waals surface area contributed by atoms with Crippen molar-refractivity contribution < 1.29 is 37.0 Å². The Morgan fingerprint density at radius 1 is 1.13 bits per heavy atom. The number of carbonyl (C=O) groups excluding carboxylic acids is 2. The summed E-state index contributed by atoms with van der Waals surface area (Å²) in [6.45, 7) is 10.5. The molecular weight excluding hydrogens is 531 g/mol. The Morgan fingerprint density at radius 3 is 2.51 bits per heavy atom. The third-order valence-corrected chi connectivity index (χ3v) is 8.36. The molecule has 2 amide bonds. The maximum absolute atomic E-state index is 14.0. The van der Waals surface area contributed by atoms with Crippen molar-refractivity contribution in [1.82, 2.24) is 5.32 Å². The molecule has 2 aromatic rings. The Hall–Kier alpha value is -2.88. The maximum atomic E-state index is 14.0. The minimum atomic E-state index is -4.66. The van der Waals surface area contributed by atoms with Crippen LogP contribution in [0.1, 0.15) is 66.5 Å². The van der Waals surface area contributed by atoms with E-state index < -0.39 is 33.7 Å². The molecule has 0 aromatic heterocycles. The van der Waals surface area contributed by atoms with E-state index in [0.717, 1.165) is 64.4 Å². The molecule has 6 nitrogen and oxygen atoms in total. The second kappa shape index (κ2) is 11.3. The number of carbonyl (C=O) groups is 2. The standard InChI is InChI=1S/C29H34F3NO5S/c1-6-7-12-36-24-16(2)17(3)25-20(18(24)4)10-11-28(5,38-25)15-37-22-9-8-19(13-21(22)29(30,31)32)14-23-26(34)33-27(35)39-23/h8-9,13,23H,6-7,10-12,14-15H2,1-5H3,(H,33,34,35). The second-order valence-corrected chi connectivity index (χ2v) is 11.6. The van der Waals surface area contributed by atoms with Gasteiger partial charge in [-0.05, 0) is 87.8 Å². The van der Waals surface area contributed by atoms with Crippen LogP contribution in [-0.4, -0.2) is 35.2 Å². The molecule has 1 fully saturated rings. The molecule has 4 rings (SSSR count). The molecule has 2 aliphatic heterocycles. The van der Waals surface area contributed by atoms with Gasteiger partial charge >= 0.3 is 6.18 Å². The molecule has 0 saturated carbocycles. The Morgan fingerprint density at radius 2 is 1.87 bits per heavy atom. The zero-order chi connectivity index (χ0) is 28.5. The van der Waals surface area contributed by atoms with Gasteiger partial charge < -0.3 is 14.2 Å². The van der Waals surface area contributed by atoms with Crippen LogP contribution in [0.15, 0.2) is 18.2 Å². The van der Waals surface area contributed by atoms with Crippen molar-refractivity contribution in [1.29, 1.82) is 0 Å². The van der Waals surface area contributed by atoms with E-state index in [-0.39, 0.29) is 18.8 Å². The summed E-state index contributed by atoms with van der Waals surface area (Å²) in [5, 5.41) is 0.901. The summed E-state index contributed by atoms with van der Waals surface area (Å²) in [6, 6.07) is 3.76. The van der Waals surface area contributed by atoms with Crippen LogP contribution in [0.4, 0.5) is 18.0 Å². The van der Waals surface area contributed by atoms with Crippen molar-refractivity contribution >= 4 is 22.9 Å². The first kappa shape index (κ1) is 29.1. The van der Waals surface area contributed by atoms with Crippen molar-refractivity contribution in [2.75, 3.05) is 13.2 Å². The topological polar surface area (TPSA) is 73.9 Å². The van der Waals surface area contributed by atoms with Gasteiger partial charge in [-0.3, -0.25) is 14.9 Å². The monoisotopic (exact) mass is 565 g/mol. The zero-order valence-corrected chi connectivity index (χ0v) is 23.7. The van der Waals surface area contributed by atoms with E-state index in [0.29, 0.717) is 25.0 Å². The van der Waals surface area contributed by atoms with Crippen molar-refractivity contribution in [2.45, 2.75) is 83.8 Å². The highest BCUT2D eigenvalue weighted by atomic mass is 32.2. The molecule has 2 atom stereocenters. The molecule has 1 N–H and O–H groups in total. The fourth-order valence-corrected chi connectivity index (χ4v) is 5.80. The van der Waals surface area contributed by atoms with E-state index in [2.05, 4.69) is 12.2 Å². The molecule has 0 radical (unpaired) electrons. The second-order valence-electron chi connectivity index (χ2n) is 10.5. The number of halogens is 3. The van der Waals surface area contributed by atoms with E-state index in [9.17, 15) is 22.8 Å². The Kier molecular flexibility index (Phi) is 8.44. The normalized spacial score (nSPS) is 20.9. The molecule has 2 heterocycles. The Labute approximate surface area is 231 Å². The lowest BCUT2D eigenvalue weighted by molar-refractivity contribution is -0.139. The lowest BCUT2D eigenvalue weighted by atomic mass is 9.87. The quantitative estimate of drug-likeness (QED) is 0.335. The summed E-state index contributed by atoms with van der Waals surface area (Å²) < 4.78 is 60.2. The molecule has 2 aromatic carbocycles. The number of fused-ring (bicyclic) bond motifs is 1. The third-order valence-electron chi connectivity index (χ3n) is 7.38. The van der Waals surface area contributed by atoms with E-state index in [1.807, 2.05) is 27.7 Å². The number of ether oxygens (including phenoxy) is 3. The molecule has 1 saturated heterocycles. The average Bonchev–Trinajstić information content (AvgIpc) is 3.19. The minimum Gasteiger partial charge on any atom is -0.493 e. The molecule has 0 bridgehead atoms. The van der Waals surface area contributed by atoms with E-state index >= 15 is 0 Å². The SMILES string of the molecule is CCCCOc1c(C)c(C)c2c(c1C)CCC(C)(COc1ccc(CC3SC(=O)NC3=O)cc1C(F)(F)F)O2. The van der Waals surface area contributed by atoms with Gasteiger partial charge in [0.05, 0.1) is 17.4 Å². The van der Waals surface area contributed by atoms with Crippen molar-refractivity contribution in [3.05, 3.63) is 51.6 Å². The van der Waals surface area contributed by atoms with Gasteiger partial charge in [-0.15, -0.1) is 0 Å². The lowest BCUT2D eigenvalue weighted by Gasteiger charge is -2.38. The molecule has 0 spiro atoms. The van der Waals surface area contributed by atoms with Crippen LogP contribution in [0.3, 0.4) is 0 Å². The fraction of sp³-hybridized carbons (Fsp3) is 0.517. The molecule has 212 valence electrons. The molecule has 0 aliphatic carbocycles. The number of nitrogens with one attached hydrogen (secondary N) is 1. The van der Waals surface area contributed by atoms with Crippen LogP contribution in [0.2, 0.25) is 0 Å². The number of benzene rings is 2. The zero-order valence-electron chi connectivity index (χ0n) is 22.8. The van der Waals surface area contributed by atoms with E-state index in [1.165, 1.54) is 12.1 Å². The highest BCUT2D eigenvalue weighted by Gasteiger charge is 2.39. The van der Waals surface area contributed by atoms with Gasteiger partial charge in [0.25, 0.3) is 5.24 Å². The number of hydrogen-bond acceptors (Lipinski definition) is 6. The van der Waals surface area contributed by atoms with Gasteiger partial charge in [0.15, 0.2) is 0 Å². The van der Waals surface area contributed by atoms with Crippen LogP contribution in [-0.2, 0) is 23.8 Å². The molecule has 2 aliphatic rings. The number of thioether (sulfide) groups is 1. The largest absolute Gasteiger partial charge is 0.493 e. The van der Waals surface area contributed by atoms with Gasteiger partial charge in [-0.1, -0.05) is 31.2 Å².